The molecule has 1 aromatic heterocycles. The summed E-state index contributed by atoms with van der Waals surface area (Å²) in [5.41, 5.74) is 8.35. The summed E-state index contributed by atoms with van der Waals surface area (Å²) >= 11 is 0. The summed E-state index contributed by atoms with van der Waals surface area (Å²) in [7, 11) is 0. The maximum atomic E-state index is 12.7. The van der Waals surface area contributed by atoms with Gasteiger partial charge in [0.1, 0.15) is 0 Å². The van der Waals surface area contributed by atoms with E-state index in [4.69, 9.17) is 10.5 Å². The Morgan fingerprint density at radius 3 is 2.40 bits per heavy atom. The van der Waals surface area contributed by atoms with Gasteiger partial charge in [-0.1, -0.05) is 75.7 Å². The van der Waals surface area contributed by atoms with Crippen molar-refractivity contribution in [2.45, 2.75) is 53.0 Å². The Kier molecular flexibility index (Phi) is 12.8. The van der Waals surface area contributed by atoms with Gasteiger partial charge in [-0.3, -0.25) is 4.79 Å². The number of unbranched alkanes of at least 4 members (excludes halogenated alkanes) is 1. The first-order chi connectivity index (χ1) is 17.0. The van der Waals surface area contributed by atoms with Crippen LogP contribution in [-0.2, 0) is 6.42 Å². The number of nitrogens with one attached hydrogen (secondary N) is 1. The van der Waals surface area contributed by atoms with E-state index in [-0.39, 0.29) is 11.9 Å². The van der Waals surface area contributed by atoms with Crippen LogP contribution < -0.4 is 15.8 Å². The summed E-state index contributed by atoms with van der Waals surface area (Å²) < 4.78 is 5.72. The molecule has 35 heavy (non-hydrogen) atoms. The quantitative estimate of drug-likeness (QED) is 0.356. The zero-order valence-electron chi connectivity index (χ0n) is 21.8. The van der Waals surface area contributed by atoms with Gasteiger partial charge in [-0.15, -0.1) is 0 Å². The van der Waals surface area contributed by atoms with E-state index in [1.54, 1.807) is 6.07 Å². The first-order valence-electron chi connectivity index (χ1n) is 12.8. The average molecular weight is 479 g/mol. The Morgan fingerprint density at radius 1 is 1.06 bits per heavy atom. The van der Waals surface area contributed by atoms with E-state index in [1.165, 1.54) is 5.56 Å². The molecule has 0 saturated carbocycles. The predicted octanol–water partition coefficient (Wildman–Crippen LogP) is 5.06. The third-order valence-corrected chi connectivity index (χ3v) is 5.69. The van der Waals surface area contributed by atoms with Crippen LogP contribution in [0.5, 0.6) is 5.88 Å². The van der Waals surface area contributed by atoms with Crippen LogP contribution in [0.25, 0.3) is 10.9 Å². The summed E-state index contributed by atoms with van der Waals surface area (Å²) in [6.45, 7) is 12.5. The van der Waals surface area contributed by atoms with Crippen LogP contribution in [0.1, 0.15) is 56.5 Å². The highest BCUT2D eigenvalue weighted by atomic mass is 16.5. The van der Waals surface area contributed by atoms with E-state index in [1.807, 2.05) is 49.4 Å². The van der Waals surface area contributed by atoms with Crippen molar-refractivity contribution >= 4 is 16.8 Å². The van der Waals surface area contributed by atoms with Crippen molar-refractivity contribution in [3.63, 3.8) is 0 Å². The van der Waals surface area contributed by atoms with Crippen molar-refractivity contribution in [3.8, 4) is 5.88 Å². The second-order valence-corrected chi connectivity index (χ2v) is 8.68. The predicted molar refractivity (Wildman–Crippen MR) is 146 cm³/mol. The number of aromatic nitrogens is 1. The number of nitrogens with zero attached hydrogens (tertiary/aromatic N) is 2. The van der Waals surface area contributed by atoms with Gasteiger partial charge in [-0.05, 0) is 44.5 Å². The van der Waals surface area contributed by atoms with E-state index in [0.717, 1.165) is 49.8 Å². The van der Waals surface area contributed by atoms with Gasteiger partial charge in [0.05, 0.1) is 17.7 Å². The van der Waals surface area contributed by atoms with Crippen molar-refractivity contribution in [3.05, 3.63) is 71.8 Å². The van der Waals surface area contributed by atoms with Crippen molar-refractivity contribution in [1.82, 2.24) is 15.2 Å². The summed E-state index contributed by atoms with van der Waals surface area (Å²) in [6, 6.07) is 20.0. The third-order valence-electron chi connectivity index (χ3n) is 5.69. The summed E-state index contributed by atoms with van der Waals surface area (Å²) in [6.07, 6.45) is 3.01. The number of pyridine rings is 1. The summed E-state index contributed by atoms with van der Waals surface area (Å²) in [4.78, 5) is 19.5. The van der Waals surface area contributed by atoms with Crippen LogP contribution in [-0.4, -0.2) is 54.6 Å². The van der Waals surface area contributed by atoms with E-state index >= 15 is 0 Å². The molecule has 0 fully saturated rings. The molecule has 0 saturated heterocycles. The number of carbonyl (C=O) groups excluding carboxylic acids is 1. The van der Waals surface area contributed by atoms with Gasteiger partial charge in [-0.25, -0.2) is 4.98 Å². The number of ether oxygens (including phenoxy) is 1. The van der Waals surface area contributed by atoms with E-state index < -0.39 is 0 Å². The van der Waals surface area contributed by atoms with Gasteiger partial charge in [0, 0.05) is 30.6 Å². The standard InChI is InChI=1S/C20H29N3O2.C9H13N/c1-4-7-14-25-19-15-17(16-10-8-9-11-18(16)22-19)20(24)21-12-13-23(5-2)6-3;1-8(10)7-9-5-3-2-4-6-9/h8-11,15H,4-7,12-14H2,1-3H3,(H,21,24);2-6,8H,7,10H2,1H3/t;8-/m.0/s1. The molecule has 190 valence electrons. The van der Waals surface area contributed by atoms with Gasteiger partial charge in [0.15, 0.2) is 0 Å². The number of amides is 1. The van der Waals surface area contributed by atoms with E-state index in [0.29, 0.717) is 24.6 Å². The monoisotopic (exact) mass is 478 g/mol. The Hall–Kier alpha value is -2.96. The van der Waals surface area contributed by atoms with Crippen molar-refractivity contribution in [2.75, 3.05) is 32.8 Å². The molecule has 1 amide bonds. The molecule has 0 aliphatic heterocycles. The van der Waals surface area contributed by atoms with Crippen molar-refractivity contribution in [2.24, 2.45) is 5.73 Å². The molecule has 3 rings (SSSR count). The molecule has 6 heteroatoms. The lowest BCUT2D eigenvalue weighted by Crippen LogP contribution is -2.34. The highest BCUT2D eigenvalue weighted by Gasteiger charge is 2.13. The fraction of sp³-hybridized carbons (Fsp3) is 0.448. The summed E-state index contributed by atoms with van der Waals surface area (Å²) in [5, 5.41) is 3.87. The highest BCUT2D eigenvalue weighted by Crippen LogP contribution is 2.22. The van der Waals surface area contributed by atoms with Gasteiger partial charge in [-0.2, -0.15) is 0 Å². The summed E-state index contributed by atoms with van der Waals surface area (Å²) in [5.74, 6) is 0.437. The van der Waals surface area contributed by atoms with Crippen molar-refractivity contribution in [1.29, 1.82) is 0 Å². The SMILES string of the molecule is CCCCOc1cc(C(=O)NCCN(CC)CC)c2ccccc2n1.C[C@H](N)Cc1ccccc1. The number of rotatable bonds is 12. The lowest BCUT2D eigenvalue weighted by atomic mass is 10.1. The molecule has 0 spiro atoms. The maximum absolute atomic E-state index is 12.7. The molecule has 0 unspecified atom stereocenters. The Labute approximate surface area is 210 Å². The number of hydrogen-bond donors (Lipinski definition) is 2. The zero-order chi connectivity index (χ0) is 25.5. The fourth-order valence-corrected chi connectivity index (χ4v) is 3.68. The number of fused-ring (bicyclic) bond motifs is 1. The topological polar surface area (TPSA) is 80.5 Å². The molecule has 3 N–H and O–H groups in total. The van der Waals surface area contributed by atoms with Gasteiger partial charge in [0.2, 0.25) is 5.88 Å². The molecule has 2 aromatic carbocycles. The number of para-hydroxylation sites is 1. The van der Waals surface area contributed by atoms with Gasteiger partial charge < -0.3 is 20.7 Å². The lowest BCUT2D eigenvalue weighted by molar-refractivity contribution is 0.0950. The number of likely N-dealkylation sites (N-methyl/N-ethyl adjacent to an activating group) is 1. The maximum Gasteiger partial charge on any atom is 0.252 e. The molecule has 0 aliphatic carbocycles. The molecule has 3 aromatic rings. The first-order valence-corrected chi connectivity index (χ1v) is 12.8. The smallest absolute Gasteiger partial charge is 0.252 e. The first kappa shape index (κ1) is 28.3. The fourth-order valence-electron chi connectivity index (χ4n) is 3.68. The van der Waals surface area contributed by atoms with E-state index in [2.05, 4.69) is 48.1 Å². The van der Waals surface area contributed by atoms with Gasteiger partial charge >= 0.3 is 0 Å². The Balaban J connectivity index is 0.000000360. The van der Waals surface area contributed by atoms with Crippen LogP contribution in [0.2, 0.25) is 0 Å². The Bertz CT molecular complexity index is 1000. The number of nitrogens with two attached hydrogens (primary N) is 1. The van der Waals surface area contributed by atoms with Crippen LogP contribution in [0.4, 0.5) is 0 Å². The highest BCUT2D eigenvalue weighted by molar-refractivity contribution is 6.06. The third kappa shape index (κ3) is 10.0. The number of carbonyl (C=O) groups is 1. The minimum Gasteiger partial charge on any atom is -0.478 e. The normalized spacial score (nSPS) is 11.6. The molecule has 0 aliphatic rings. The molecular formula is C29H42N4O2. The van der Waals surface area contributed by atoms with Crippen LogP contribution in [0.3, 0.4) is 0 Å². The van der Waals surface area contributed by atoms with E-state index in [9.17, 15) is 4.79 Å². The number of hydrogen-bond acceptors (Lipinski definition) is 5. The minimum atomic E-state index is -0.0777. The minimum absolute atomic E-state index is 0.0777. The van der Waals surface area contributed by atoms with Crippen LogP contribution in [0, 0.1) is 0 Å². The number of benzene rings is 2. The molecule has 1 heterocycles. The average Bonchev–Trinajstić information content (AvgIpc) is 2.87. The van der Waals surface area contributed by atoms with Gasteiger partial charge in [0.25, 0.3) is 5.91 Å². The molecule has 6 nitrogen and oxygen atoms in total. The zero-order valence-corrected chi connectivity index (χ0v) is 21.8. The Morgan fingerprint density at radius 2 is 1.74 bits per heavy atom. The van der Waals surface area contributed by atoms with Crippen LogP contribution in [0.15, 0.2) is 60.7 Å². The van der Waals surface area contributed by atoms with Crippen LogP contribution >= 0.6 is 0 Å². The lowest BCUT2D eigenvalue weighted by Gasteiger charge is -2.18. The second-order valence-electron chi connectivity index (χ2n) is 8.68. The molecule has 0 bridgehead atoms. The molecule has 0 radical (unpaired) electrons. The second kappa shape index (κ2) is 15.8. The molecular weight excluding hydrogens is 436 g/mol. The molecule has 1 atom stereocenters. The largest absolute Gasteiger partial charge is 0.478 e. The van der Waals surface area contributed by atoms with Crippen molar-refractivity contribution < 1.29 is 9.53 Å².